The number of fused-ring (bicyclic) bond motifs is 3. The lowest BCUT2D eigenvalue weighted by atomic mass is 10.2. The lowest BCUT2D eigenvalue weighted by Crippen LogP contribution is -2.39. The van der Waals surface area contributed by atoms with E-state index >= 15 is 0 Å². The average Bonchev–Trinajstić information content (AvgIpc) is 3.34. The highest BCUT2D eigenvalue weighted by Gasteiger charge is 2.23. The first-order chi connectivity index (χ1) is 12.6. The smallest absolute Gasteiger partial charge is 0.291 e. The van der Waals surface area contributed by atoms with Gasteiger partial charge in [0.1, 0.15) is 17.4 Å². The van der Waals surface area contributed by atoms with Crippen LogP contribution in [-0.2, 0) is 11.3 Å². The van der Waals surface area contributed by atoms with Crippen LogP contribution in [0.4, 0.5) is 0 Å². The third-order valence-electron chi connectivity index (χ3n) is 4.43. The minimum Gasteiger partial charge on any atom is -0.463 e. The molecule has 0 saturated heterocycles. The summed E-state index contributed by atoms with van der Waals surface area (Å²) in [5, 5.41) is 9.27. The van der Waals surface area contributed by atoms with Gasteiger partial charge in [-0.2, -0.15) is 5.10 Å². The molecule has 0 radical (unpaired) electrons. The molecule has 1 N–H and O–H groups in total. The Balaban J connectivity index is 1.72. The Kier molecular flexibility index (Phi) is 4.12. The molecule has 4 aromatic rings. The van der Waals surface area contributed by atoms with Crippen LogP contribution in [-0.4, -0.2) is 20.1 Å². The molecule has 1 amide bonds. The molecule has 1 atom stereocenters. The Labute approximate surface area is 152 Å². The minimum absolute atomic E-state index is 0.213. The maximum atomic E-state index is 12.9. The summed E-state index contributed by atoms with van der Waals surface area (Å²) >= 11 is 1.58. The van der Waals surface area contributed by atoms with Crippen molar-refractivity contribution in [2.75, 3.05) is 0 Å². The second kappa shape index (κ2) is 6.45. The van der Waals surface area contributed by atoms with Crippen molar-refractivity contribution in [1.82, 2.24) is 19.5 Å². The fourth-order valence-electron chi connectivity index (χ4n) is 3.18. The third kappa shape index (κ3) is 2.62. The number of furan rings is 1. The quantitative estimate of drug-likeness (QED) is 0.586. The molecule has 8 heteroatoms. The second-order valence-corrected chi connectivity index (χ2v) is 7.09. The Bertz CT molecular complexity index is 1140. The molecule has 0 spiro atoms. The predicted octanol–water partition coefficient (Wildman–Crippen LogP) is 2.88. The first kappa shape index (κ1) is 16.6. The summed E-state index contributed by atoms with van der Waals surface area (Å²) in [4.78, 5) is 26.7. The van der Waals surface area contributed by atoms with Gasteiger partial charge in [-0.05, 0) is 24.8 Å². The van der Waals surface area contributed by atoms with Gasteiger partial charge in [-0.25, -0.2) is 4.68 Å². The van der Waals surface area contributed by atoms with E-state index in [0.717, 1.165) is 10.4 Å². The Morgan fingerprint density at radius 2 is 2.23 bits per heavy atom. The van der Waals surface area contributed by atoms with E-state index in [1.807, 2.05) is 31.4 Å². The van der Waals surface area contributed by atoms with Crippen molar-refractivity contribution in [1.29, 1.82) is 0 Å². The lowest BCUT2D eigenvalue weighted by molar-refractivity contribution is -0.125. The summed E-state index contributed by atoms with van der Waals surface area (Å²) in [6.07, 6.45) is 2.05. The van der Waals surface area contributed by atoms with Gasteiger partial charge >= 0.3 is 0 Å². The molecule has 4 heterocycles. The van der Waals surface area contributed by atoms with Crippen molar-refractivity contribution in [3.8, 4) is 0 Å². The zero-order valence-corrected chi connectivity index (χ0v) is 15.2. The summed E-state index contributed by atoms with van der Waals surface area (Å²) in [6.45, 7) is 4.12. The van der Waals surface area contributed by atoms with E-state index in [1.165, 1.54) is 4.68 Å². The largest absolute Gasteiger partial charge is 0.463 e. The highest BCUT2D eigenvalue weighted by Crippen LogP contribution is 2.21. The van der Waals surface area contributed by atoms with Crippen molar-refractivity contribution in [2.24, 2.45) is 0 Å². The number of rotatable bonds is 5. The SMILES string of the molecule is CC[C@H](C(=O)NCc1cccs1)n1nc(C)n2c(cc3occc32)c1=O. The number of carbonyl (C=O) groups is 1. The van der Waals surface area contributed by atoms with Crippen LogP contribution in [0, 0.1) is 6.92 Å². The first-order valence-corrected chi connectivity index (χ1v) is 9.26. The van der Waals surface area contributed by atoms with Crippen molar-refractivity contribution >= 4 is 33.9 Å². The predicted molar refractivity (Wildman–Crippen MR) is 99.5 cm³/mol. The van der Waals surface area contributed by atoms with E-state index in [2.05, 4.69) is 10.4 Å². The van der Waals surface area contributed by atoms with Gasteiger partial charge in [0, 0.05) is 17.0 Å². The van der Waals surface area contributed by atoms with E-state index in [0.29, 0.717) is 29.9 Å². The van der Waals surface area contributed by atoms with Gasteiger partial charge in [0.25, 0.3) is 5.56 Å². The molecule has 0 aromatic carbocycles. The van der Waals surface area contributed by atoms with Gasteiger partial charge in [0.05, 0.1) is 18.3 Å². The van der Waals surface area contributed by atoms with Crippen LogP contribution in [0.2, 0.25) is 0 Å². The van der Waals surface area contributed by atoms with Crippen molar-refractivity contribution in [2.45, 2.75) is 32.9 Å². The zero-order chi connectivity index (χ0) is 18.3. The zero-order valence-electron chi connectivity index (χ0n) is 14.4. The van der Waals surface area contributed by atoms with Crippen molar-refractivity contribution in [3.63, 3.8) is 0 Å². The highest BCUT2D eigenvalue weighted by molar-refractivity contribution is 7.09. The lowest BCUT2D eigenvalue weighted by Gasteiger charge is -2.17. The molecule has 0 aliphatic rings. The number of aromatic nitrogens is 3. The maximum Gasteiger partial charge on any atom is 0.291 e. The molecule has 0 bridgehead atoms. The van der Waals surface area contributed by atoms with Gasteiger partial charge in [-0.1, -0.05) is 13.0 Å². The van der Waals surface area contributed by atoms with Crippen LogP contribution in [0.1, 0.15) is 30.1 Å². The average molecular weight is 370 g/mol. The number of carbonyl (C=O) groups excluding carboxylic acids is 1. The Morgan fingerprint density at radius 3 is 2.96 bits per heavy atom. The van der Waals surface area contributed by atoms with Crippen LogP contribution < -0.4 is 10.9 Å². The summed E-state index contributed by atoms with van der Waals surface area (Å²) in [6, 6.07) is 6.73. The summed E-state index contributed by atoms with van der Waals surface area (Å²) in [5.74, 6) is 0.412. The van der Waals surface area contributed by atoms with Crippen molar-refractivity contribution in [3.05, 3.63) is 57.0 Å². The van der Waals surface area contributed by atoms with Gasteiger partial charge in [-0.15, -0.1) is 11.3 Å². The monoisotopic (exact) mass is 370 g/mol. The van der Waals surface area contributed by atoms with Crippen molar-refractivity contribution < 1.29 is 9.21 Å². The number of aryl methyl sites for hydroxylation is 1. The first-order valence-electron chi connectivity index (χ1n) is 8.38. The van der Waals surface area contributed by atoms with Crippen LogP contribution in [0.3, 0.4) is 0 Å². The third-order valence-corrected chi connectivity index (χ3v) is 5.30. The number of thiophene rings is 1. The maximum absolute atomic E-state index is 12.9. The van der Waals surface area contributed by atoms with E-state index < -0.39 is 6.04 Å². The summed E-state index contributed by atoms with van der Waals surface area (Å²) < 4.78 is 8.43. The van der Waals surface area contributed by atoms with E-state index in [1.54, 1.807) is 34.1 Å². The minimum atomic E-state index is -0.660. The van der Waals surface area contributed by atoms with Gasteiger partial charge < -0.3 is 9.73 Å². The van der Waals surface area contributed by atoms with Gasteiger partial charge in [-0.3, -0.25) is 14.0 Å². The van der Waals surface area contributed by atoms with E-state index in [-0.39, 0.29) is 11.5 Å². The topological polar surface area (TPSA) is 81.5 Å². The van der Waals surface area contributed by atoms with Gasteiger partial charge in [0.2, 0.25) is 5.91 Å². The molecule has 0 saturated carbocycles. The molecule has 0 aliphatic heterocycles. The molecule has 0 aliphatic carbocycles. The van der Waals surface area contributed by atoms with E-state index in [4.69, 9.17) is 4.42 Å². The normalized spacial score (nSPS) is 12.7. The number of hydrogen-bond donors (Lipinski definition) is 1. The second-order valence-electron chi connectivity index (χ2n) is 6.05. The Hall–Kier alpha value is -2.87. The summed E-state index contributed by atoms with van der Waals surface area (Å²) in [7, 11) is 0. The molecule has 26 heavy (non-hydrogen) atoms. The molecular formula is C18H18N4O3S. The molecule has 7 nitrogen and oxygen atoms in total. The molecule has 134 valence electrons. The van der Waals surface area contributed by atoms with Crippen LogP contribution in [0.5, 0.6) is 0 Å². The molecule has 4 rings (SSSR count). The number of amides is 1. The fourth-order valence-corrected chi connectivity index (χ4v) is 3.83. The van der Waals surface area contributed by atoms with Crippen LogP contribution in [0.25, 0.3) is 16.6 Å². The fraction of sp³-hybridized carbons (Fsp3) is 0.278. The summed E-state index contributed by atoms with van der Waals surface area (Å²) in [5.41, 5.74) is 1.57. The molecule has 0 unspecified atom stereocenters. The molecular weight excluding hydrogens is 352 g/mol. The number of hydrogen-bond acceptors (Lipinski definition) is 5. The highest BCUT2D eigenvalue weighted by atomic mass is 32.1. The molecule has 4 aromatic heterocycles. The van der Waals surface area contributed by atoms with Crippen LogP contribution >= 0.6 is 11.3 Å². The van der Waals surface area contributed by atoms with Gasteiger partial charge in [0.15, 0.2) is 5.58 Å². The number of nitrogens with one attached hydrogen (secondary N) is 1. The number of nitrogens with zero attached hydrogens (tertiary/aromatic N) is 3. The molecule has 0 fully saturated rings. The van der Waals surface area contributed by atoms with Crippen LogP contribution in [0.15, 0.2) is 45.1 Å². The van der Waals surface area contributed by atoms with E-state index in [9.17, 15) is 9.59 Å². The standard InChI is InChI=1S/C18H18N4O3S/c1-3-13(17(23)19-10-12-5-4-8-26-12)22-18(24)15-9-16-14(6-7-25-16)21(15)11(2)20-22/h4-9,13H,3,10H2,1-2H3,(H,19,23)/t13-/m1/s1. The Morgan fingerprint density at radius 1 is 1.38 bits per heavy atom.